The number of Topliss-reactive ketones (excluding diaryl/α,β-unsaturated/α-hetero) is 1. The van der Waals surface area contributed by atoms with Gasteiger partial charge in [-0.25, -0.2) is 0 Å². The number of carbonyl (C=O) groups is 1. The third kappa shape index (κ3) is 6.41. The molecule has 0 atom stereocenters. The average molecular weight is 378 g/mol. The van der Waals surface area contributed by atoms with E-state index in [9.17, 15) is 4.79 Å². The maximum Gasteiger partial charge on any atom is 0.300 e. The number of hydrogen-bond donors (Lipinski definition) is 0. The van der Waals surface area contributed by atoms with Gasteiger partial charge in [-0.15, -0.1) is 0 Å². The van der Waals surface area contributed by atoms with Crippen LogP contribution in [0.3, 0.4) is 0 Å². The Morgan fingerprint density at radius 3 is 1.96 bits per heavy atom. The number of ether oxygens (including phenoxy) is 1. The summed E-state index contributed by atoms with van der Waals surface area (Å²) in [6.07, 6.45) is 1.41. The Morgan fingerprint density at radius 1 is 0.962 bits per heavy atom. The van der Waals surface area contributed by atoms with Crippen LogP contribution in [0.5, 0.6) is 0 Å². The molecule has 0 amide bonds. The molecule has 144 valence electrons. The number of amidine groups is 1. The van der Waals surface area contributed by atoms with Gasteiger partial charge in [0.15, 0.2) is 5.78 Å². The number of benzene rings is 1. The molecule has 0 unspecified atom stereocenters. The topological polar surface area (TPSA) is 45.1 Å². The van der Waals surface area contributed by atoms with Crippen LogP contribution >= 0.6 is 12.2 Å². The Hall–Kier alpha value is -1.95. The van der Waals surface area contributed by atoms with Crippen molar-refractivity contribution in [2.75, 3.05) is 26.2 Å². The Balaban J connectivity index is 3.06. The normalized spacial score (nSPS) is 11.2. The summed E-state index contributed by atoms with van der Waals surface area (Å²) in [6, 6.07) is 7.81. The summed E-state index contributed by atoms with van der Waals surface area (Å²) in [4.78, 5) is 20.6. The molecule has 0 radical (unpaired) electrons. The number of hydrogen-bond acceptors (Lipinski definition) is 4. The van der Waals surface area contributed by atoms with E-state index in [1.807, 2.05) is 54.8 Å². The van der Waals surface area contributed by atoms with Gasteiger partial charge in [0.05, 0.1) is 5.69 Å². The molecule has 0 aliphatic carbocycles. The fourth-order valence-corrected chi connectivity index (χ4v) is 2.81. The number of thiocarbonyl (C=S) groups is 1. The first kappa shape index (κ1) is 22.1. The van der Waals surface area contributed by atoms with E-state index in [4.69, 9.17) is 17.0 Å². The molecular formula is C20H31N3O2S. The largest absolute Gasteiger partial charge is 0.398 e. The zero-order chi connectivity index (χ0) is 19.5. The maximum atomic E-state index is 12.0. The van der Waals surface area contributed by atoms with Crippen molar-refractivity contribution in [1.82, 2.24) is 9.80 Å². The van der Waals surface area contributed by atoms with Gasteiger partial charge in [-0.2, -0.15) is 4.99 Å². The minimum absolute atomic E-state index is 0.158. The molecule has 1 aromatic rings. The molecule has 0 heterocycles. The van der Waals surface area contributed by atoms with Gasteiger partial charge in [0.2, 0.25) is 0 Å². The lowest BCUT2D eigenvalue weighted by atomic mass is 10.1. The summed E-state index contributed by atoms with van der Waals surface area (Å²) < 4.78 is 5.92. The number of nitrogens with zero attached hydrogens (tertiary/aromatic N) is 3. The molecule has 0 spiro atoms. The van der Waals surface area contributed by atoms with Gasteiger partial charge in [0.25, 0.3) is 11.2 Å². The molecule has 26 heavy (non-hydrogen) atoms. The summed E-state index contributed by atoms with van der Waals surface area (Å²) in [6.45, 7) is 13.3. The third-order valence-corrected chi connectivity index (χ3v) is 4.47. The third-order valence-electron chi connectivity index (χ3n) is 4.13. The Bertz CT molecular complexity index is 606. The van der Waals surface area contributed by atoms with Crippen molar-refractivity contribution < 1.29 is 9.53 Å². The lowest BCUT2D eigenvalue weighted by molar-refractivity contribution is 0.0982. The molecule has 5 nitrogen and oxygen atoms in total. The van der Waals surface area contributed by atoms with Gasteiger partial charge in [0.1, 0.15) is 0 Å². The summed E-state index contributed by atoms with van der Waals surface area (Å²) in [7, 11) is 0. The molecule has 0 saturated carbocycles. The SMILES string of the molecule is CCCC(=O)c1ccc(N=C(OC(=S)N(CC)CC)N(CC)CC)cc1. The molecule has 0 bridgehead atoms. The zero-order valence-electron chi connectivity index (χ0n) is 16.6. The predicted molar refractivity (Wildman–Crippen MR) is 112 cm³/mol. The van der Waals surface area contributed by atoms with Crippen molar-refractivity contribution in [3.8, 4) is 0 Å². The van der Waals surface area contributed by atoms with Gasteiger partial charge < -0.3 is 14.5 Å². The van der Waals surface area contributed by atoms with E-state index >= 15 is 0 Å². The molecule has 0 fully saturated rings. The van der Waals surface area contributed by atoms with Gasteiger partial charge in [-0.3, -0.25) is 4.79 Å². The average Bonchev–Trinajstić information content (AvgIpc) is 2.64. The van der Waals surface area contributed by atoms with E-state index in [0.29, 0.717) is 17.6 Å². The second-order valence-electron chi connectivity index (χ2n) is 5.83. The molecule has 1 aromatic carbocycles. The molecular weight excluding hydrogens is 346 g/mol. The van der Waals surface area contributed by atoms with Crippen LogP contribution in [-0.4, -0.2) is 53.0 Å². The van der Waals surface area contributed by atoms with Crippen LogP contribution < -0.4 is 0 Å². The lowest BCUT2D eigenvalue weighted by Crippen LogP contribution is -2.39. The van der Waals surface area contributed by atoms with E-state index in [1.165, 1.54) is 0 Å². The van der Waals surface area contributed by atoms with Gasteiger partial charge >= 0.3 is 0 Å². The highest BCUT2D eigenvalue weighted by molar-refractivity contribution is 7.80. The fourth-order valence-electron chi connectivity index (χ4n) is 2.48. The van der Waals surface area contributed by atoms with Crippen molar-refractivity contribution >= 4 is 34.9 Å². The lowest BCUT2D eigenvalue weighted by Gasteiger charge is -2.26. The zero-order valence-corrected chi connectivity index (χ0v) is 17.4. The van der Waals surface area contributed by atoms with Crippen molar-refractivity contribution in [2.24, 2.45) is 4.99 Å². The quantitative estimate of drug-likeness (QED) is 0.286. The first-order chi connectivity index (χ1) is 12.5. The monoisotopic (exact) mass is 377 g/mol. The van der Waals surface area contributed by atoms with Crippen molar-refractivity contribution in [3.05, 3.63) is 29.8 Å². The van der Waals surface area contributed by atoms with E-state index in [2.05, 4.69) is 18.8 Å². The molecule has 0 aliphatic heterocycles. The number of rotatable bonds is 8. The van der Waals surface area contributed by atoms with E-state index in [-0.39, 0.29) is 5.78 Å². The number of aliphatic imine (C=N–C) groups is 1. The van der Waals surface area contributed by atoms with Gasteiger partial charge in [-0.05, 0) is 70.6 Å². The molecule has 0 aromatic heterocycles. The highest BCUT2D eigenvalue weighted by Crippen LogP contribution is 2.16. The summed E-state index contributed by atoms with van der Waals surface area (Å²) in [5.41, 5.74) is 1.46. The standard InChI is InChI=1S/C20H31N3O2S/c1-6-11-18(24)16-12-14-17(15-13-16)21-19(22(7-2)8-3)25-20(26)23(9-4)10-5/h12-15H,6-11H2,1-5H3. The minimum atomic E-state index is 0.158. The van der Waals surface area contributed by atoms with E-state index in [1.54, 1.807) is 0 Å². The van der Waals surface area contributed by atoms with E-state index in [0.717, 1.165) is 43.9 Å². The first-order valence-electron chi connectivity index (χ1n) is 9.44. The van der Waals surface area contributed by atoms with Crippen molar-refractivity contribution in [1.29, 1.82) is 0 Å². The summed E-state index contributed by atoms with van der Waals surface area (Å²) in [5, 5.41) is 0.426. The minimum Gasteiger partial charge on any atom is -0.398 e. The van der Waals surface area contributed by atoms with Gasteiger partial charge in [-0.1, -0.05) is 6.92 Å². The van der Waals surface area contributed by atoms with Crippen molar-refractivity contribution in [2.45, 2.75) is 47.5 Å². The fraction of sp³-hybridized carbons (Fsp3) is 0.550. The molecule has 1 rings (SSSR count). The molecule has 0 aliphatic rings. The van der Waals surface area contributed by atoms with Gasteiger partial charge in [0, 0.05) is 38.2 Å². The van der Waals surface area contributed by atoms with E-state index < -0.39 is 0 Å². The highest BCUT2D eigenvalue weighted by atomic mass is 32.1. The van der Waals surface area contributed by atoms with Crippen LogP contribution in [0.2, 0.25) is 0 Å². The van der Waals surface area contributed by atoms with Crippen LogP contribution in [0, 0.1) is 0 Å². The maximum absolute atomic E-state index is 12.0. The Labute approximate surface area is 163 Å². The second-order valence-corrected chi connectivity index (χ2v) is 6.18. The second kappa shape index (κ2) is 11.6. The first-order valence-corrected chi connectivity index (χ1v) is 9.84. The predicted octanol–water partition coefficient (Wildman–Crippen LogP) is 4.64. The highest BCUT2D eigenvalue weighted by Gasteiger charge is 2.16. The van der Waals surface area contributed by atoms with Crippen LogP contribution in [0.4, 0.5) is 5.69 Å². The molecule has 0 N–H and O–H groups in total. The molecule has 6 heteroatoms. The van der Waals surface area contributed by atoms with Crippen LogP contribution in [0.15, 0.2) is 29.3 Å². The summed E-state index contributed by atoms with van der Waals surface area (Å²) in [5.74, 6) is 0.158. The van der Waals surface area contributed by atoms with Crippen molar-refractivity contribution in [3.63, 3.8) is 0 Å². The Morgan fingerprint density at radius 2 is 1.50 bits per heavy atom. The Kier molecular flexibility index (Phi) is 9.88. The van der Waals surface area contributed by atoms with Crippen LogP contribution in [-0.2, 0) is 4.74 Å². The molecule has 0 saturated heterocycles. The van der Waals surface area contributed by atoms with Crippen LogP contribution in [0.1, 0.15) is 57.8 Å². The number of ketones is 1. The number of carbonyl (C=O) groups excluding carboxylic acids is 1. The van der Waals surface area contributed by atoms with Crippen LogP contribution in [0.25, 0.3) is 0 Å². The smallest absolute Gasteiger partial charge is 0.300 e. The summed E-state index contributed by atoms with van der Waals surface area (Å²) >= 11 is 5.42.